The number of benzene rings is 1. The molecule has 1 aromatic heterocycles. The van der Waals surface area contributed by atoms with Crippen LogP contribution in [0.3, 0.4) is 0 Å². The topological polar surface area (TPSA) is 91.9 Å². The molecule has 0 bridgehead atoms. The molecule has 2 aromatic rings. The molecule has 2 unspecified atom stereocenters. The van der Waals surface area contributed by atoms with Crippen LogP contribution in [0, 0.1) is 11.7 Å². The van der Waals surface area contributed by atoms with E-state index in [1.54, 1.807) is 6.92 Å². The molecular formula is C15H17ClFN3O3S. The average Bonchev–Trinajstić information content (AvgIpc) is 2.90. The van der Waals surface area contributed by atoms with E-state index in [0.717, 1.165) is 0 Å². The minimum Gasteiger partial charge on any atom is -0.349 e. The Bertz CT molecular complexity index is 858. The van der Waals surface area contributed by atoms with Crippen molar-refractivity contribution in [3.63, 3.8) is 0 Å². The SMILES string of the molecule is CC1CC(C(=O)NCc2nc3cc(Cl)c(F)cc3[nH]2)CCS1(=O)=O. The third kappa shape index (κ3) is 3.39. The number of carbonyl (C=O) groups is 1. The molecule has 3 rings (SSSR count). The van der Waals surface area contributed by atoms with Gasteiger partial charge in [0.05, 0.1) is 33.6 Å². The van der Waals surface area contributed by atoms with Gasteiger partial charge in [-0.3, -0.25) is 4.79 Å². The summed E-state index contributed by atoms with van der Waals surface area (Å²) in [7, 11) is -3.07. The van der Waals surface area contributed by atoms with Gasteiger partial charge in [-0.05, 0) is 25.8 Å². The Hall–Kier alpha value is -1.67. The highest BCUT2D eigenvalue weighted by atomic mass is 35.5. The number of hydrogen-bond donors (Lipinski definition) is 2. The fourth-order valence-electron chi connectivity index (χ4n) is 2.87. The van der Waals surface area contributed by atoms with Crippen molar-refractivity contribution >= 4 is 38.4 Å². The van der Waals surface area contributed by atoms with Gasteiger partial charge in [0, 0.05) is 12.0 Å². The van der Waals surface area contributed by atoms with Crippen LogP contribution in [-0.4, -0.2) is 35.3 Å². The van der Waals surface area contributed by atoms with Gasteiger partial charge < -0.3 is 10.3 Å². The molecule has 0 saturated carbocycles. The van der Waals surface area contributed by atoms with Crippen LogP contribution in [0.4, 0.5) is 4.39 Å². The normalized spacial score (nSPS) is 23.3. The number of amides is 1. The summed E-state index contributed by atoms with van der Waals surface area (Å²) in [6, 6.07) is 2.67. The van der Waals surface area contributed by atoms with Crippen molar-refractivity contribution in [1.29, 1.82) is 0 Å². The van der Waals surface area contributed by atoms with Crippen molar-refractivity contribution in [1.82, 2.24) is 15.3 Å². The lowest BCUT2D eigenvalue weighted by atomic mass is 9.99. The molecule has 1 aliphatic rings. The Morgan fingerprint density at radius 3 is 2.96 bits per heavy atom. The fraction of sp³-hybridized carbons (Fsp3) is 0.467. The number of aromatic amines is 1. The number of rotatable bonds is 3. The highest BCUT2D eigenvalue weighted by Gasteiger charge is 2.34. The van der Waals surface area contributed by atoms with E-state index in [0.29, 0.717) is 29.7 Å². The van der Waals surface area contributed by atoms with Crippen molar-refractivity contribution in [3.05, 3.63) is 28.8 Å². The Morgan fingerprint density at radius 2 is 2.25 bits per heavy atom. The maximum Gasteiger partial charge on any atom is 0.223 e. The predicted molar refractivity (Wildman–Crippen MR) is 88.9 cm³/mol. The van der Waals surface area contributed by atoms with Crippen LogP contribution in [-0.2, 0) is 21.2 Å². The second-order valence-corrected chi connectivity index (χ2v) is 9.03. The summed E-state index contributed by atoms with van der Waals surface area (Å²) < 4.78 is 36.8. The Kier molecular flexibility index (Phi) is 4.52. The second-order valence-electron chi connectivity index (χ2n) is 6.08. The Labute approximate surface area is 143 Å². The number of sulfone groups is 1. The third-order valence-corrected chi connectivity index (χ3v) is 6.87. The first kappa shape index (κ1) is 17.2. The monoisotopic (exact) mass is 373 g/mol. The van der Waals surface area contributed by atoms with Crippen molar-refractivity contribution in [2.24, 2.45) is 5.92 Å². The first-order valence-electron chi connectivity index (χ1n) is 7.59. The summed E-state index contributed by atoms with van der Waals surface area (Å²) in [6.45, 7) is 1.79. The molecule has 0 aliphatic carbocycles. The van der Waals surface area contributed by atoms with E-state index in [9.17, 15) is 17.6 Å². The van der Waals surface area contributed by atoms with Crippen molar-refractivity contribution < 1.29 is 17.6 Å². The molecule has 2 atom stereocenters. The van der Waals surface area contributed by atoms with E-state index in [1.807, 2.05) is 0 Å². The van der Waals surface area contributed by atoms with Gasteiger partial charge in [-0.15, -0.1) is 0 Å². The molecule has 130 valence electrons. The molecule has 1 aromatic carbocycles. The highest BCUT2D eigenvalue weighted by molar-refractivity contribution is 7.92. The van der Waals surface area contributed by atoms with Crippen LogP contribution < -0.4 is 5.32 Å². The Morgan fingerprint density at radius 1 is 1.50 bits per heavy atom. The van der Waals surface area contributed by atoms with Gasteiger partial charge in [-0.2, -0.15) is 0 Å². The number of hydrogen-bond acceptors (Lipinski definition) is 4. The summed E-state index contributed by atoms with van der Waals surface area (Å²) in [5, 5.41) is 2.24. The van der Waals surface area contributed by atoms with E-state index in [2.05, 4.69) is 15.3 Å². The van der Waals surface area contributed by atoms with Gasteiger partial charge in [0.2, 0.25) is 5.91 Å². The molecule has 0 radical (unpaired) electrons. The molecule has 9 heteroatoms. The molecule has 1 fully saturated rings. The molecule has 0 spiro atoms. The fourth-order valence-corrected chi connectivity index (χ4v) is 4.57. The van der Waals surface area contributed by atoms with Crippen LogP contribution >= 0.6 is 11.6 Å². The van der Waals surface area contributed by atoms with Crippen molar-refractivity contribution in [2.45, 2.75) is 31.6 Å². The zero-order chi connectivity index (χ0) is 17.5. The van der Waals surface area contributed by atoms with E-state index >= 15 is 0 Å². The van der Waals surface area contributed by atoms with Gasteiger partial charge in [-0.1, -0.05) is 11.6 Å². The lowest BCUT2D eigenvalue weighted by Crippen LogP contribution is -2.39. The number of imidazole rings is 1. The van der Waals surface area contributed by atoms with Crippen LogP contribution in [0.25, 0.3) is 11.0 Å². The minimum absolute atomic E-state index is 0.0120. The standard InChI is InChI=1S/C15H17ClFN3O3S/c1-8-4-9(2-3-24(8,22)23)15(21)18-7-14-19-12-5-10(16)11(17)6-13(12)20-14/h5-6,8-9H,2-4,7H2,1H3,(H,18,21)(H,19,20). The quantitative estimate of drug-likeness (QED) is 0.862. The Balaban J connectivity index is 1.64. The van der Waals surface area contributed by atoms with E-state index in [1.165, 1.54) is 12.1 Å². The summed E-state index contributed by atoms with van der Waals surface area (Å²) >= 11 is 5.71. The van der Waals surface area contributed by atoms with Crippen LogP contribution in [0.2, 0.25) is 5.02 Å². The van der Waals surface area contributed by atoms with Gasteiger partial charge in [-0.25, -0.2) is 17.8 Å². The van der Waals surface area contributed by atoms with E-state index in [-0.39, 0.29) is 29.1 Å². The first-order valence-corrected chi connectivity index (χ1v) is 9.68. The summed E-state index contributed by atoms with van der Waals surface area (Å²) in [6.07, 6.45) is 0.661. The number of aromatic nitrogens is 2. The number of carbonyl (C=O) groups excluding carboxylic acids is 1. The third-order valence-electron chi connectivity index (χ3n) is 4.35. The predicted octanol–water partition coefficient (Wildman–Crippen LogP) is 2.18. The molecule has 24 heavy (non-hydrogen) atoms. The van der Waals surface area contributed by atoms with Crippen molar-refractivity contribution in [3.8, 4) is 0 Å². The molecule has 2 N–H and O–H groups in total. The number of nitrogens with zero attached hydrogens (tertiary/aromatic N) is 1. The average molecular weight is 374 g/mol. The zero-order valence-corrected chi connectivity index (χ0v) is 14.5. The summed E-state index contributed by atoms with van der Waals surface area (Å²) in [4.78, 5) is 19.4. The van der Waals surface area contributed by atoms with Gasteiger partial charge in [0.1, 0.15) is 11.6 Å². The largest absolute Gasteiger partial charge is 0.349 e. The maximum atomic E-state index is 13.4. The van der Waals surface area contributed by atoms with Crippen molar-refractivity contribution in [2.75, 3.05) is 5.75 Å². The number of halogens is 2. The molecule has 1 aliphatic heterocycles. The number of H-pyrrole nitrogens is 1. The van der Waals surface area contributed by atoms with Gasteiger partial charge in [0.25, 0.3) is 0 Å². The summed E-state index contributed by atoms with van der Waals surface area (Å²) in [5.74, 6) is -0.534. The van der Waals surface area contributed by atoms with E-state index in [4.69, 9.17) is 11.6 Å². The minimum atomic E-state index is -3.07. The zero-order valence-electron chi connectivity index (χ0n) is 13.0. The lowest BCUT2D eigenvalue weighted by molar-refractivity contribution is -0.125. The summed E-state index contributed by atoms with van der Waals surface area (Å²) in [5.41, 5.74) is 1.02. The van der Waals surface area contributed by atoms with Crippen LogP contribution in [0.5, 0.6) is 0 Å². The van der Waals surface area contributed by atoms with Crippen LogP contribution in [0.15, 0.2) is 12.1 Å². The van der Waals surface area contributed by atoms with Gasteiger partial charge in [0.15, 0.2) is 9.84 Å². The van der Waals surface area contributed by atoms with Gasteiger partial charge >= 0.3 is 0 Å². The molecule has 1 saturated heterocycles. The van der Waals surface area contributed by atoms with Crippen LogP contribution in [0.1, 0.15) is 25.6 Å². The smallest absolute Gasteiger partial charge is 0.223 e. The number of fused-ring (bicyclic) bond motifs is 1. The lowest BCUT2D eigenvalue weighted by Gasteiger charge is -2.25. The maximum absolute atomic E-state index is 13.4. The molecule has 1 amide bonds. The highest BCUT2D eigenvalue weighted by Crippen LogP contribution is 2.25. The number of nitrogens with one attached hydrogen (secondary N) is 2. The molecule has 6 nitrogen and oxygen atoms in total. The first-order chi connectivity index (χ1) is 11.3. The molecule has 2 heterocycles. The molecular weight excluding hydrogens is 357 g/mol. The van der Waals surface area contributed by atoms with E-state index < -0.39 is 20.9 Å². The second kappa shape index (κ2) is 6.33.